The highest BCUT2D eigenvalue weighted by molar-refractivity contribution is 6.66. The molecule has 7 nitrogen and oxygen atoms in total. The summed E-state index contributed by atoms with van der Waals surface area (Å²) in [4.78, 5) is 25.5. The molecule has 1 heterocycles. The lowest BCUT2D eigenvalue weighted by atomic mass is 10.2. The molecule has 18 heavy (non-hydrogen) atoms. The smallest absolute Gasteiger partial charge is 0.278 e. The summed E-state index contributed by atoms with van der Waals surface area (Å²) < 4.78 is 0. The lowest BCUT2D eigenvalue weighted by molar-refractivity contribution is -0.125. The number of amides is 1. The van der Waals surface area contributed by atoms with Crippen molar-refractivity contribution in [3.05, 3.63) is 0 Å². The number of likely N-dealkylation sites (N-methyl/N-ethyl adjacent to an activating group) is 1. The van der Waals surface area contributed by atoms with Crippen LogP contribution in [0.5, 0.6) is 0 Å². The number of nitrogens with zero attached hydrogens (tertiary/aromatic N) is 4. The quantitative estimate of drug-likeness (QED) is 0.515. The summed E-state index contributed by atoms with van der Waals surface area (Å²) in [5.41, 5.74) is 0.590. The standard InChI is InChI=1S/C11H20N4O3/c1-9(12-17-3)10(13-18-4)11(16)15-7-5-14(2)6-8-15/h5-8H2,1-4H3/b12-9+,13-10+. The van der Waals surface area contributed by atoms with Gasteiger partial charge in [0.25, 0.3) is 5.91 Å². The molecule has 0 aromatic heterocycles. The van der Waals surface area contributed by atoms with E-state index in [2.05, 4.69) is 20.0 Å². The van der Waals surface area contributed by atoms with Crippen LogP contribution in [0.4, 0.5) is 0 Å². The molecular weight excluding hydrogens is 236 g/mol. The number of carbonyl (C=O) groups is 1. The van der Waals surface area contributed by atoms with Gasteiger partial charge in [-0.25, -0.2) is 0 Å². The van der Waals surface area contributed by atoms with Gasteiger partial charge in [-0.15, -0.1) is 0 Å². The van der Waals surface area contributed by atoms with Crippen LogP contribution in [-0.4, -0.2) is 74.6 Å². The van der Waals surface area contributed by atoms with Crippen LogP contribution in [0.25, 0.3) is 0 Å². The van der Waals surface area contributed by atoms with Crippen LogP contribution in [-0.2, 0) is 14.5 Å². The number of piperazine rings is 1. The maximum atomic E-state index is 12.3. The van der Waals surface area contributed by atoms with Crippen molar-refractivity contribution in [3.8, 4) is 0 Å². The highest BCUT2D eigenvalue weighted by atomic mass is 16.6. The van der Waals surface area contributed by atoms with Gasteiger partial charge in [0.15, 0.2) is 5.71 Å². The minimum atomic E-state index is -0.178. The van der Waals surface area contributed by atoms with Crippen LogP contribution in [0.3, 0.4) is 0 Å². The first-order valence-electron chi connectivity index (χ1n) is 5.77. The predicted molar refractivity (Wildman–Crippen MR) is 68.6 cm³/mol. The zero-order valence-corrected chi connectivity index (χ0v) is 11.3. The Morgan fingerprint density at radius 3 is 2.11 bits per heavy atom. The third-order valence-electron chi connectivity index (χ3n) is 2.75. The van der Waals surface area contributed by atoms with Gasteiger partial charge >= 0.3 is 0 Å². The van der Waals surface area contributed by atoms with Crippen molar-refractivity contribution in [1.29, 1.82) is 0 Å². The molecule has 0 bridgehead atoms. The Balaban J connectivity index is 2.78. The molecule has 0 saturated carbocycles. The predicted octanol–water partition coefficient (Wildman–Crippen LogP) is -0.215. The van der Waals surface area contributed by atoms with Crippen molar-refractivity contribution in [2.45, 2.75) is 6.92 Å². The van der Waals surface area contributed by atoms with E-state index in [0.29, 0.717) is 18.8 Å². The summed E-state index contributed by atoms with van der Waals surface area (Å²) in [5, 5.41) is 7.46. The van der Waals surface area contributed by atoms with Gasteiger partial charge in [0.2, 0.25) is 0 Å². The Morgan fingerprint density at radius 1 is 1.06 bits per heavy atom. The van der Waals surface area contributed by atoms with Gasteiger partial charge in [-0.2, -0.15) is 0 Å². The van der Waals surface area contributed by atoms with Crippen molar-refractivity contribution in [3.63, 3.8) is 0 Å². The number of hydrogen-bond acceptors (Lipinski definition) is 6. The van der Waals surface area contributed by atoms with Crippen LogP contribution < -0.4 is 0 Å². The van der Waals surface area contributed by atoms with E-state index in [4.69, 9.17) is 4.84 Å². The molecule has 0 aromatic rings. The fourth-order valence-electron chi connectivity index (χ4n) is 1.69. The Morgan fingerprint density at radius 2 is 1.61 bits per heavy atom. The maximum Gasteiger partial charge on any atom is 0.278 e. The first-order valence-corrected chi connectivity index (χ1v) is 5.77. The van der Waals surface area contributed by atoms with Crippen molar-refractivity contribution in [1.82, 2.24) is 9.80 Å². The number of hydrogen-bond donors (Lipinski definition) is 0. The van der Waals surface area contributed by atoms with E-state index in [9.17, 15) is 4.79 Å². The second kappa shape index (κ2) is 6.95. The van der Waals surface area contributed by atoms with Crippen molar-refractivity contribution < 1.29 is 14.5 Å². The molecule has 102 valence electrons. The largest absolute Gasteiger partial charge is 0.399 e. The molecule has 0 aliphatic carbocycles. The second-order valence-electron chi connectivity index (χ2n) is 4.08. The molecule has 1 aliphatic heterocycles. The fourth-order valence-corrected chi connectivity index (χ4v) is 1.69. The van der Waals surface area contributed by atoms with Crippen molar-refractivity contribution >= 4 is 17.3 Å². The lowest BCUT2D eigenvalue weighted by Gasteiger charge is -2.32. The van der Waals surface area contributed by atoms with E-state index in [0.717, 1.165) is 13.1 Å². The number of oxime groups is 2. The molecule has 1 rings (SSSR count). The first kappa shape index (κ1) is 14.4. The molecule has 1 saturated heterocycles. The minimum Gasteiger partial charge on any atom is -0.399 e. The number of carbonyl (C=O) groups excluding carboxylic acids is 1. The van der Waals surface area contributed by atoms with Crippen LogP contribution in [0.15, 0.2) is 10.3 Å². The Bertz CT molecular complexity index is 346. The highest BCUT2D eigenvalue weighted by Crippen LogP contribution is 2.02. The third-order valence-corrected chi connectivity index (χ3v) is 2.75. The van der Waals surface area contributed by atoms with Crippen molar-refractivity contribution in [2.24, 2.45) is 10.3 Å². The molecule has 0 spiro atoms. The van der Waals surface area contributed by atoms with E-state index >= 15 is 0 Å². The fraction of sp³-hybridized carbons (Fsp3) is 0.727. The number of rotatable bonds is 4. The zero-order chi connectivity index (χ0) is 13.5. The van der Waals surface area contributed by atoms with Gasteiger partial charge < -0.3 is 19.5 Å². The van der Waals surface area contributed by atoms with Gasteiger partial charge in [0.05, 0.1) is 0 Å². The zero-order valence-electron chi connectivity index (χ0n) is 11.3. The summed E-state index contributed by atoms with van der Waals surface area (Å²) in [6, 6.07) is 0. The lowest BCUT2D eigenvalue weighted by Crippen LogP contribution is -2.50. The summed E-state index contributed by atoms with van der Waals surface area (Å²) in [5.74, 6) is -0.178. The molecule has 1 aliphatic rings. The van der Waals surface area contributed by atoms with Gasteiger partial charge in [-0.1, -0.05) is 10.3 Å². The Kier molecular flexibility index (Phi) is 5.57. The topological polar surface area (TPSA) is 66.7 Å². The maximum absolute atomic E-state index is 12.3. The molecule has 0 atom stereocenters. The van der Waals surface area contributed by atoms with E-state index in [1.807, 2.05) is 7.05 Å². The Hall–Kier alpha value is -1.63. The average Bonchev–Trinajstić information content (AvgIpc) is 2.36. The van der Waals surface area contributed by atoms with Gasteiger partial charge in [0, 0.05) is 26.2 Å². The SMILES string of the molecule is CO/N=C(C)/C(=N\OC)C(=O)N1CCN(C)CC1. The third kappa shape index (κ3) is 3.69. The molecule has 0 radical (unpaired) electrons. The Labute approximate surface area is 107 Å². The molecule has 1 amide bonds. The van der Waals surface area contributed by atoms with Gasteiger partial charge in [-0.05, 0) is 14.0 Å². The van der Waals surface area contributed by atoms with Crippen LogP contribution in [0.2, 0.25) is 0 Å². The summed E-state index contributed by atoms with van der Waals surface area (Å²) >= 11 is 0. The normalized spacial score (nSPS) is 18.8. The minimum absolute atomic E-state index is 0.178. The molecule has 0 unspecified atom stereocenters. The van der Waals surface area contributed by atoms with Crippen LogP contribution >= 0.6 is 0 Å². The summed E-state index contributed by atoms with van der Waals surface area (Å²) in [6.45, 7) is 4.73. The van der Waals surface area contributed by atoms with E-state index in [1.54, 1.807) is 11.8 Å². The van der Waals surface area contributed by atoms with Crippen molar-refractivity contribution in [2.75, 3.05) is 47.4 Å². The van der Waals surface area contributed by atoms with E-state index in [-0.39, 0.29) is 11.6 Å². The van der Waals surface area contributed by atoms with Crippen LogP contribution in [0.1, 0.15) is 6.92 Å². The van der Waals surface area contributed by atoms with Gasteiger partial charge in [0.1, 0.15) is 19.9 Å². The summed E-state index contributed by atoms with van der Waals surface area (Å²) in [7, 11) is 4.86. The molecule has 0 N–H and O–H groups in total. The molecule has 1 fully saturated rings. The van der Waals surface area contributed by atoms with Crippen LogP contribution in [0, 0.1) is 0 Å². The average molecular weight is 256 g/mol. The first-order chi connectivity index (χ1) is 8.60. The second-order valence-corrected chi connectivity index (χ2v) is 4.08. The molecular formula is C11H20N4O3. The monoisotopic (exact) mass is 256 g/mol. The van der Waals surface area contributed by atoms with E-state index in [1.165, 1.54) is 14.2 Å². The van der Waals surface area contributed by atoms with E-state index < -0.39 is 0 Å². The highest BCUT2D eigenvalue weighted by Gasteiger charge is 2.25. The molecule has 7 heteroatoms. The molecule has 0 aromatic carbocycles. The van der Waals surface area contributed by atoms with Gasteiger partial charge in [-0.3, -0.25) is 4.79 Å². The summed E-state index contributed by atoms with van der Waals surface area (Å²) in [6.07, 6.45) is 0.